The summed E-state index contributed by atoms with van der Waals surface area (Å²) in [5.74, 6) is 3.04. The van der Waals surface area contributed by atoms with Crippen molar-refractivity contribution in [2.75, 3.05) is 13.1 Å². The predicted molar refractivity (Wildman–Crippen MR) is 78.9 cm³/mol. The normalized spacial score (nSPS) is 27.6. The summed E-state index contributed by atoms with van der Waals surface area (Å²) >= 11 is 0. The van der Waals surface area contributed by atoms with Crippen LogP contribution < -0.4 is 5.32 Å². The summed E-state index contributed by atoms with van der Waals surface area (Å²) in [6.07, 6.45) is -0.185. The Morgan fingerprint density at radius 1 is 1.38 bits per heavy atom. The highest BCUT2D eigenvalue weighted by Gasteiger charge is 2.56. The van der Waals surface area contributed by atoms with Gasteiger partial charge in [-0.25, -0.2) is 4.79 Å². The fourth-order valence-corrected chi connectivity index (χ4v) is 3.10. The molecule has 2 unspecified atom stereocenters. The predicted octanol–water partition coefficient (Wildman–Crippen LogP) is 2.54. The van der Waals surface area contributed by atoms with Crippen LogP contribution in [0.1, 0.15) is 32.3 Å². The van der Waals surface area contributed by atoms with Crippen LogP contribution in [0.15, 0.2) is 16.5 Å². The van der Waals surface area contributed by atoms with E-state index in [-0.39, 0.29) is 6.09 Å². The molecule has 1 aliphatic carbocycles. The molecule has 0 bridgehead atoms. The fourth-order valence-electron chi connectivity index (χ4n) is 3.10. The molecule has 2 atom stereocenters. The summed E-state index contributed by atoms with van der Waals surface area (Å²) in [7, 11) is 0. The minimum absolute atomic E-state index is 0.185. The number of nitrogens with zero attached hydrogens (tertiary/aromatic N) is 1. The zero-order valence-electron chi connectivity index (χ0n) is 13.2. The van der Waals surface area contributed by atoms with Gasteiger partial charge in [-0.1, -0.05) is 0 Å². The van der Waals surface area contributed by atoms with E-state index in [1.165, 1.54) is 0 Å². The van der Waals surface area contributed by atoms with E-state index < -0.39 is 5.60 Å². The number of hydrogen-bond acceptors (Lipinski definition) is 4. The average Bonchev–Trinajstić information content (AvgIpc) is 2.77. The number of carbonyl (C=O) groups excluding carboxylic acids is 1. The Labute approximate surface area is 125 Å². The van der Waals surface area contributed by atoms with Crippen LogP contribution >= 0.6 is 0 Å². The number of rotatable bonds is 3. The Morgan fingerprint density at radius 2 is 2.05 bits per heavy atom. The quantitative estimate of drug-likeness (QED) is 0.930. The second-order valence-corrected chi connectivity index (χ2v) is 7.13. The van der Waals surface area contributed by atoms with Crippen LogP contribution in [0, 0.1) is 18.8 Å². The van der Waals surface area contributed by atoms with Crippen molar-refractivity contribution in [3.63, 3.8) is 0 Å². The third-order valence-electron chi connectivity index (χ3n) is 4.15. The van der Waals surface area contributed by atoms with E-state index >= 15 is 0 Å². The van der Waals surface area contributed by atoms with E-state index in [4.69, 9.17) is 9.15 Å². The van der Waals surface area contributed by atoms with E-state index in [0.717, 1.165) is 31.2 Å². The van der Waals surface area contributed by atoms with Crippen molar-refractivity contribution < 1.29 is 13.9 Å². The van der Waals surface area contributed by atoms with Gasteiger partial charge in [0.05, 0.1) is 6.54 Å². The molecule has 1 aromatic rings. The summed E-state index contributed by atoms with van der Waals surface area (Å²) in [5, 5.41) is 3.52. The molecule has 3 rings (SSSR count). The number of likely N-dealkylation sites (tertiary alicyclic amines) is 1. The van der Waals surface area contributed by atoms with Gasteiger partial charge in [0, 0.05) is 19.1 Å². The van der Waals surface area contributed by atoms with Gasteiger partial charge in [0.25, 0.3) is 0 Å². The Kier molecular flexibility index (Phi) is 3.48. The number of nitrogens with one attached hydrogen (secondary N) is 1. The first kappa shape index (κ1) is 14.4. The number of furan rings is 1. The molecule has 0 aromatic carbocycles. The standard InChI is InChI=1S/C16H24N2O3/c1-10-5-6-11(20-10)7-17-14-12-8-18(9-13(12)14)15(19)21-16(2,3)4/h5-6,12-14,17H,7-9H2,1-4H3. The van der Waals surface area contributed by atoms with E-state index in [0.29, 0.717) is 17.9 Å². The minimum atomic E-state index is -0.418. The van der Waals surface area contributed by atoms with Gasteiger partial charge >= 0.3 is 6.09 Å². The zero-order chi connectivity index (χ0) is 15.2. The largest absolute Gasteiger partial charge is 0.465 e. The Bertz CT molecular complexity index is 520. The number of amides is 1. The second kappa shape index (κ2) is 5.05. The molecule has 2 heterocycles. The van der Waals surface area contributed by atoms with Crippen LogP contribution in [0.25, 0.3) is 0 Å². The summed E-state index contributed by atoms with van der Waals surface area (Å²) < 4.78 is 11.0. The summed E-state index contributed by atoms with van der Waals surface area (Å²) in [6.45, 7) is 10.0. The van der Waals surface area contributed by atoms with Gasteiger partial charge in [0.1, 0.15) is 17.1 Å². The summed E-state index contributed by atoms with van der Waals surface area (Å²) in [5.41, 5.74) is -0.418. The highest BCUT2D eigenvalue weighted by atomic mass is 16.6. The molecule has 0 spiro atoms. The van der Waals surface area contributed by atoms with Gasteiger partial charge in [-0.15, -0.1) is 0 Å². The topological polar surface area (TPSA) is 54.7 Å². The molecule has 1 N–H and O–H groups in total. The number of hydrogen-bond donors (Lipinski definition) is 1. The molecule has 21 heavy (non-hydrogen) atoms. The molecular weight excluding hydrogens is 268 g/mol. The van der Waals surface area contributed by atoms with Crippen LogP contribution in [0.2, 0.25) is 0 Å². The van der Waals surface area contributed by atoms with Gasteiger partial charge in [-0.05, 0) is 51.7 Å². The maximum absolute atomic E-state index is 12.0. The fraction of sp³-hybridized carbons (Fsp3) is 0.688. The lowest BCUT2D eigenvalue weighted by atomic mass is 10.2. The molecule has 2 aliphatic rings. The molecule has 1 saturated carbocycles. The van der Waals surface area contributed by atoms with Crippen molar-refractivity contribution in [1.29, 1.82) is 0 Å². The van der Waals surface area contributed by atoms with Crippen LogP contribution in [0.3, 0.4) is 0 Å². The molecule has 116 valence electrons. The monoisotopic (exact) mass is 292 g/mol. The van der Waals surface area contributed by atoms with Gasteiger partial charge in [0.15, 0.2) is 0 Å². The second-order valence-electron chi connectivity index (χ2n) is 7.13. The first-order chi connectivity index (χ1) is 9.83. The van der Waals surface area contributed by atoms with Gasteiger partial charge in [-0.2, -0.15) is 0 Å². The Morgan fingerprint density at radius 3 is 2.57 bits per heavy atom. The number of aryl methyl sites for hydroxylation is 1. The average molecular weight is 292 g/mol. The summed E-state index contributed by atoms with van der Waals surface area (Å²) in [4.78, 5) is 13.8. The molecule has 5 heteroatoms. The first-order valence-corrected chi connectivity index (χ1v) is 7.60. The van der Waals surface area contributed by atoms with Gasteiger partial charge in [0.2, 0.25) is 0 Å². The van der Waals surface area contributed by atoms with Crippen molar-refractivity contribution in [3.8, 4) is 0 Å². The smallest absolute Gasteiger partial charge is 0.410 e. The highest BCUT2D eigenvalue weighted by Crippen LogP contribution is 2.45. The van der Waals surface area contributed by atoms with E-state index in [1.54, 1.807) is 0 Å². The highest BCUT2D eigenvalue weighted by molar-refractivity contribution is 5.69. The van der Waals surface area contributed by atoms with E-state index in [2.05, 4.69) is 5.32 Å². The third kappa shape index (κ3) is 3.23. The molecule has 5 nitrogen and oxygen atoms in total. The van der Waals surface area contributed by atoms with E-state index in [9.17, 15) is 4.79 Å². The lowest BCUT2D eigenvalue weighted by molar-refractivity contribution is 0.0269. The maximum atomic E-state index is 12.0. The molecular formula is C16H24N2O3. The molecule has 1 aliphatic heterocycles. The molecule has 0 radical (unpaired) electrons. The number of carbonyl (C=O) groups is 1. The van der Waals surface area contributed by atoms with E-state index in [1.807, 2.05) is 44.7 Å². The third-order valence-corrected chi connectivity index (χ3v) is 4.15. The number of ether oxygens (including phenoxy) is 1. The van der Waals surface area contributed by atoms with Gasteiger partial charge < -0.3 is 19.4 Å². The lowest BCUT2D eigenvalue weighted by Crippen LogP contribution is -2.39. The minimum Gasteiger partial charge on any atom is -0.465 e. The summed E-state index contributed by atoms with van der Waals surface area (Å²) in [6, 6.07) is 4.50. The van der Waals surface area contributed by atoms with Crippen molar-refractivity contribution in [2.24, 2.45) is 11.8 Å². The SMILES string of the molecule is Cc1ccc(CNC2C3CN(C(=O)OC(C)(C)C)CC32)o1. The molecule has 1 saturated heterocycles. The van der Waals surface area contributed by atoms with Crippen LogP contribution in [0.5, 0.6) is 0 Å². The molecule has 1 aromatic heterocycles. The van der Waals surface area contributed by atoms with Crippen LogP contribution in [-0.2, 0) is 11.3 Å². The zero-order valence-corrected chi connectivity index (χ0v) is 13.2. The van der Waals surface area contributed by atoms with Crippen molar-refractivity contribution in [1.82, 2.24) is 10.2 Å². The van der Waals surface area contributed by atoms with Crippen molar-refractivity contribution in [3.05, 3.63) is 23.7 Å². The van der Waals surface area contributed by atoms with Gasteiger partial charge in [-0.3, -0.25) is 0 Å². The van der Waals surface area contributed by atoms with Crippen LogP contribution in [-0.4, -0.2) is 35.7 Å². The van der Waals surface area contributed by atoms with Crippen molar-refractivity contribution in [2.45, 2.75) is 45.9 Å². The lowest BCUT2D eigenvalue weighted by Gasteiger charge is -2.26. The Hall–Kier alpha value is -1.49. The maximum Gasteiger partial charge on any atom is 0.410 e. The number of piperidine rings is 1. The molecule has 1 amide bonds. The van der Waals surface area contributed by atoms with Crippen molar-refractivity contribution >= 4 is 6.09 Å². The first-order valence-electron chi connectivity index (χ1n) is 7.60. The van der Waals surface area contributed by atoms with Crippen LogP contribution in [0.4, 0.5) is 4.79 Å². The Balaban J connectivity index is 1.43. The molecule has 2 fully saturated rings. The number of fused-ring (bicyclic) bond motifs is 1.